The summed E-state index contributed by atoms with van der Waals surface area (Å²) in [5.41, 5.74) is 1.13. The summed E-state index contributed by atoms with van der Waals surface area (Å²) in [6.45, 7) is 2.38. The summed E-state index contributed by atoms with van der Waals surface area (Å²) < 4.78 is 7.37. The van der Waals surface area contributed by atoms with E-state index in [-0.39, 0.29) is 0 Å². The lowest BCUT2D eigenvalue weighted by Crippen LogP contribution is -2.00. The minimum Gasteiger partial charge on any atom is -0.478 e. The van der Waals surface area contributed by atoms with Crippen LogP contribution in [0.5, 0.6) is 0 Å². The second-order valence-electron chi connectivity index (χ2n) is 4.43. The van der Waals surface area contributed by atoms with Gasteiger partial charge >= 0.3 is 5.97 Å². The first-order chi connectivity index (χ1) is 9.69. The summed E-state index contributed by atoms with van der Waals surface area (Å²) in [6.07, 6.45) is 2.52. The molecule has 0 atom stereocenters. The van der Waals surface area contributed by atoms with Crippen molar-refractivity contribution in [2.24, 2.45) is 0 Å². The third-order valence-corrected chi connectivity index (χ3v) is 3.16. The third kappa shape index (κ3) is 2.05. The number of carboxylic acid groups (broad SMARTS) is 1. The average molecular weight is 271 g/mol. The van der Waals surface area contributed by atoms with Gasteiger partial charge in [0, 0.05) is 23.5 Å². The van der Waals surface area contributed by atoms with Gasteiger partial charge in [-0.05, 0) is 18.2 Å². The van der Waals surface area contributed by atoms with Crippen LogP contribution in [0.3, 0.4) is 0 Å². The van der Waals surface area contributed by atoms with Gasteiger partial charge in [0.25, 0.3) is 0 Å². The highest BCUT2D eigenvalue weighted by atomic mass is 16.4. The first-order valence-corrected chi connectivity index (χ1v) is 6.31. The van der Waals surface area contributed by atoms with Crippen molar-refractivity contribution in [1.82, 2.24) is 14.8 Å². The van der Waals surface area contributed by atoms with Gasteiger partial charge in [-0.2, -0.15) is 0 Å². The lowest BCUT2D eigenvalue weighted by Gasteiger charge is -2.02. The molecule has 0 radical (unpaired) electrons. The maximum Gasteiger partial charge on any atom is 0.336 e. The predicted molar refractivity (Wildman–Crippen MR) is 71.7 cm³/mol. The number of aromatic nitrogens is 3. The van der Waals surface area contributed by atoms with Crippen LogP contribution < -0.4 is 0 Å². The molecule has 0 fully saturated rings. The molecule has 0 aliphatic heterocycles. The Morgan fingerprint density at radius 3 is 2.80 bits per heavy atom. The number of rotatable bonds is 4. The first kappa shape index (κ1) is 12.4. The van der Waals surface area contributed by atoms with Crippen molar-refractivity contribution >= 4 is 16.9 Å². The van der Waals surface area contributed by atoms with E-state index < -0.39 is 5.97 Å². The molecule has 0 amide bonds. The van der Waals surface area contributed by atoms with E-state index in [0.717, 1.165) is 5.52 Å². The van der Waals surface area contributed by atoms with E-state index in [9.17, 15) is 4.79 Å². The highest BCUT2D eigenvalue weighted by molar-refractivity contribution is 6.02. The Kier molecular flexibility index (Phi) is 2.98. The number of hydrogen-bond donors (Lipinski definition) is 1. The van der Waals surface area contributed by atoms with Crippen molar-refractivity contribution in [3.63, 3.8) is 0 Å². The first-order valence-electron chi connectivity index (χ1n) is 6.31. The van der Waals surface area contributed by atoms with E-state index in [4.69, 9.17) is 9.52 Å². The van der Waals surface area contributed by atoms with Crippen LogP contribution in [0, 0.1) is 0 Å². The molecule has 6 heteroatoms. The molecular weight excluding hydrogens is 258 g/mol. The highest BCUT2D eigenvalue weighted by Crippen LogP contribution is 2.21. The quantitative estimate of drug-likeness (QED) is 0.787. The summed E-state index contributed by atoms with van der Waals surface area (Å²) >= 11 is 0. The number of aromatic carboxylic acids is 1. The topological polar surface area (TPSA) is 81.2 Å². The Balaban J connectivity index is 2.00. The second-order valence-corrected chi connectivity index (χ2v) is 4.43. The number of fused-ring (bicyclic) bond motifs is 1. The number of carbonyl (C=O) groups is 1. The molecule has 3 aromatic rings. The molecular formula is C14H13N3O3. The lowest BCUT2D eigenvalue weighted by molar-refractivity contribution is 0.0699. The van der Waals surface area contributed by atoms with Crippen LogP contribution in [0.2, 0.25) is 0 Å². The minimum atomic E-state index is -0.931. The number of carboxylic acids is 1. The van der Waals surface area contributed by atoms with Crippen LogP contribution in [0.15, 0.2) is 34.9 Å². The highest BCUT2D eigenvalue weighted by Gasteiger charge is 2.12. The summed E-state index contributed by atoms with van der Waals surface area (Å²) in [5.74, 6) is 0.183. The molecule has 0 saturated carbocycles. The predicted octanol–water partition coefficient (Wildman–Crippen LogP) is 2.33. The molecule has 0 aliphatic carbocycles. The molecule has 0 spiro atoms. The van der Waals surface area contributed by atoms with Crippen molar-refractivity contribution in [3.8, 4) is 0 Å². The van der Waals surface area contributed by atoms with E-state index in [1.54, 1.807) is 18.2 Å². The molecule has 1 N–H and O–H groups in total. The smallest absolute Gasteiger partial charge is 0.336 e. The van der Waals surface area contributed by atoms with Gasteiger partial charge in [0.1, 0.15) is 6.54 Å². The van der Waals surface area contributed by atoms with E-state index >= 15 is 0 Å². The van der Waals surface area contributed by atoms with Crippen molar-refractivity contribution < 1.29 is 14.3 Å². The Morgan fingerprint density at radius 2 is 2.10 bits per heavy atom. The fourth-order valence-corrected chi connectivity index (χ4v) is 2.19. The van der Waals surface area contributed by atoms with Gasteiger partial charge in [-0.25, -0.2) is 4.79 Å². The molecule has 2 heterocycles. The molecule has 20 heavy (non-hydrogen) atoms. The maximum atomic E-state index is 11.2. The molecule has 3 rings (SSSR count). The summed E-state index contributed by atoms with van der Waals surface area (Å²) in [7, 11) is 0. The third-order valence-electron chi connectivity index (χ3n) is 3.16. The summed E-state index contributed by atoms with van der Waals surface area (Å²) in [4.78, 5) is 11.2. The minimum absolute atomic E-state index is 0.293. The van der Waals surface area contributed by atoms with Gasteiger partial charge < -0.3 is 14.1 Å². The maximum absolute atomic E-state index is 11.2. The lowest BCUT2D eigenvalue weighted by atomic mass is 10.1. The Morgan fingerprint density at radius 1 is 1.30 bits per heavy atom. The van der Waals surface area contributed by atoms with Crippen LogP contribution in [0.25, 0.3) is 10.9 Å². The van der Waals surface area contributed by atoms with E-state index in [1.807, 2.05) is 23.8 Å². The van der Waals surface area contributed by atoms with Crippen LogP contribution in [0.4, 0.5) is 0 Å². The molecule has 0 unspecified atom stereocenters. The monoisotopic (exact) mass is 271 g/mol. The van der Waals surface area contributed by atoms with Crippen LogP contribution in [-0.2, 0) is 13.0 Å². The second kappa shape index (κ2) is 4.80. The van der Waals surface area contributed by atoms with E-state index in [1.165, 1.54) is 0 Å². The fourth-order valence-electron chi connectivity index (χ4n) is 2.19. The van der Waals surface area contributed by atoms with Crippen LogP contribution in [-0.4, -0.2) is 25.8 Å². The molecule has 0 saturated heterocycles. The molecule has 0 aliphatic rings. The number of hydrogen-bond acceptors (Lipinski definition) is 4. The molecule has 0 bridgehead atoms. The standard InChI is InChI=1S/C14H13N3O3/c1-2-12-15-16-13(20-12)8-17-7-6-9-10(14(18)19)4-3-5-11(9)17/h3-7H,2,8H2,1H3,(H,18,19). The summed E-state index contributed by atoms with van der Waals surface area (Å²) in [5, 5.41) is 17.8. The van der Waals surface area contributed by atoms with Gasteiger partial charge in [-0.15, -0.1) is 10.2 Å². The Labute approximate surface area is 114 Å². The van der Waals surface area contributed by atoms with Crippen molar-refractivity contribution in [2.75, 3.05) is 0 Å². The fraction of sp³-hybridized carbons (Fsp3) is 0.214. The number of nitrogens with zero attached hydrogens (tertiary/aromatic N) is 3. The van der Waals surface area contributed by atoms with Gasteiger partial charge in [0.05, 0.1) is 5.56 Å². The van der Waals surface area contributed by atoms with Crippen LogP contribution >= 0.6 is 0 Å². The SMILES string of the molecule is CCc1nnc(Cn2ccc3c(C(=O)O)cccc32)o1. The van der Waals surface area contributed by atoms with Crippen LogP contribution in [0.1, 0.15) is 29.1 Å². The van der Waals surface area contributed by atoms with E-state index in [0.29, 0.717) is 35.7 Å². The molecule has 102 valence electrons. The molecule has 6 nitrogen and oxygen atoms in total. The Bertz CT molecular complexity index is 773. The summed E-state index contributed by atoms with van der Waals surface area (Å²) in [6, 6.07) is 6.99. The number of benzene rings is 1. The van der Waals surface area contributed by atoms with Gasteiger partial charge in [-0.1, -0.05) is 13.0 Å². The number of aryl methyl sites for hydroxylation is 1. The largest absolute Gasteiger partial charge is 0.478 e. The van der Waals surface area contributed by atoms with Crippen molar-refractivity contribution in [3.05, 3.63) is 47.8 Å². The van der Waals surface area contributed by atoms with Crippen molar-refractivity contribution in [1.29, 1.82) is 0 Å². The zero-order valence-corrected chi connectivity index (χ0v) is 10.9. The van der Waals surface area contributed by atoms with E-state index in [2.05, 4.69) is 10.2 Å². The Hall–Kier alpha value is -2.63. The zero-order chi connectivity index (χ0) is 14.1. The zero-order valence-electron chi connectivity index (χ0n) is 10.9. The molecule has 2 aromatic heterocycles. The van der Waals surface area contributed by atoms with Gasteiger partial charge in [0.2, 0.25) is 11.8 Å². The van der Waals surface area contributed by atoms with Crippen molar-refractivity contribution in [2.45, 2.75) is 19.9 Å². The normalized spacial score (nSPS) is 11.1. The van der Waals surface area contributed by atoms with Gasteiger partial charge in [-0.3, -0.25) is 0 Å². The van der Waals surface area contributed by atoms with Gasteiger partial charge in [0.15, 0.2) is 0 Å². The average Bonchev–Trinajstić information content (AvgIpc) is 3.06. The molecule has 1 aromatic carbocycles.